The van der Waals surface area contributed by atoms with Crippen LogP contribution in [0.2, 0.25) is 0 Å². The Hall–Kier alpha value is -1.73. The van der Waals surface area contributed by atoms with Crippen LogP contribution in [-0.4, -0.2) is 18.6 Å². The van der Waals surface area contributed by atoms with Crippen molar-refractivity contribution in [2.45, 2.75) is 38.1 Å². The van der Waals surface area contributed by atoms with Crippen molar-refractivity contribution in [1.82, 2.24) is 14.9 Å². The number of benzene rings is 1. The van der Waals surface area contributed by atoms with Crippen LogP contribution in [0.1, 0.15) is 30.8 Å². The molecule has 1 aromatic carbocycles. The first-order valence-corrected chi connectivity index (χ1v) is 7.93. The van der Waals surface area contributed by atoms with Gasteiger partial charge in [0.15, 0.2) is 0 Å². The molecule has 1 heterocycles. The Labute approximate surface area is 123 Å². The highest BCUT2D eigenvalue weighted by molar-refractivity contribution is 7.89. The largest absolute Gasteiger partial charge is 0.281 e. The Morgan fingerprint density at radius 2 is 1.76 bits per heavy atom. The molecule has 0 amide bonds. The highest BCUT2D eigenvalue weighted by atomic mass is 32.2. The van der Waals surface area contributed by atoms with Crippen LogP contribution in [0.25, 0.3) is 0 Å². The third kappa shape index (κ3) is 3.14. The lowest BCUT2D eigenvalue weighted by atomic mass is 9.96. The Morgan fingerprint density at radius 3 is 2.24 bits per heavy atom. The van der Waals surface area contributed by atoms with Crippen molar-refractivity contribution < 1.29 is 12.8 Å². The zero-order chi connectivity index (χ0) is 15.8. The van der Waals surface area contributed by atoms with Crippen LogP contribution in [0, 0.1) is 19.7 Å². The summed E-state index contributed by atoms with van der Waals surface area (Å²) in [5.74, 6) is -0.362. The summed E-state index contributed by atoms with van der Waals surface area (Å²) in [6.45, 7) is 6.73. The Morgan fingerprint density at radius 1 is 1.19 bits per heavy atom. The zero-order valence-electron chi connectivity index (χ0n) is 12.4. The number of halogens is 1. The van der Waals surface area contributed by atoms with E-state index in [0.29, 0.717) is 17.0 Å². The number of nitrogens with zero attached hydrogens (tertiary/aromatic N) is 1. The second-order valence-corrected chi connectivity index (χ2v) is 7.12. The van der Waals surface area contributed by atoms with Gasteiger partial charge in [0.2, 0.25) is 10.0 Å². The molecule has 21 heavy (non-hydrogen) atoms. The number of hydrogen-bond acceptors (Lipinski definition) is 3. The van der Waals surface area contributed by atoms with E-state index < -0.39 is 15.6 Å². The molecule has 0 spiro atoms. The Kier molecular flexibility index (Phi) is 3.90. The van der Waals surface area contributed by atoms with Gasteiger partial charge in [-0.25, -0.2) is 17.5 Å². The average Bonchev–Trinajstić information content (AvgIpc) is 2.68. The molecule has 2 rings (SSSR count). The van der Waals surface area contributed by atoms with E-state index in [0.717, 1.165) is 0 Å². The summed E-state index contributed by atoms with van der Waals surface area (Å²) in [7, 11) is -3.73. The molecule has 0 aliphatic rings. The van der Waals surface area contributed by atoms with Gasteiger partial charge in [-0.15, -0.1) is 0 Å². The molecule has 0 aliphatic carbocycles. The van der Waals surface area contributed by atoms with Crippen LogP contribution in [0.5, 0.6) is 0 Å². The third-order valence-corrected chi connectivity index (χ3v) is 5.20. The predicted octanol–water partition coefficient (Wildman–Crippen LogP) is 2.38. The van der Waals surface area contributed by atoms with E-state index >= 15 is 0 Å². The lowest BCUT2D eigenvalue weighted by molar-refractivity contribution is 0.470. The predicted molar refractivity (Wildman–Crippen MR) is 77.8 cm³/mol. The van der Waals surface area contributed by atoms with Crippen LogP contribution >= 0.6 is 0 Å². The molecular weight excluding hydrogens is 293 g/mol. The van der Waals surface area contributed by atoms with E-state index in [1.165, 1.54) is 12.1 Å². The van der Waals surface area contributed by atoms with Gasteiger partial charge in [0.05, 0.1) is 16.9 Å². The minimum atomic E-state index is -3.73. The fourth-order valence-electron chi connectivity index (χ4n) is 2.25. The number of aromatic nitrogens is 2. The van der Waals surface area contributed by atoms with Gasteiger partial charge in [-0.05, 0) is 45.4 Å². The van der Waals surface area contributed by atoms with Gasteiger partial charge in [0.1, 0.15) is 10.7 Å². The normalized spacial score (nSPS) is 12.6. The number of aromatic amines is 1. The molecule has 5 nitrogen and oxygen atoms in total. The second kappa shape index (κ2) is 5.23. The SMILES string of the molecule is Cc1n[nH]c(C)c1S(=O)(=O)NC(C)(C)c1ccc(F)cc1. The van der Waals surface area contributed by atoms with Crippen LogP contribution in [0.4, 0.5) is 4.39 Å². The van der Waals surface area contributed by atoms with E-state index in [1.807, 2.05) is 0 Å². The van der Waals surface area contributed by atoms with Gasteiger partial charge < -0.3 is 0 Å². The summed E-state index contributed by atoms with van der Waals surface area (Å²) in [5, 5.41) is 6.56. The highest BCUT2D eigenvalue weighted by Gasteiger charge is 2.31. The van der Waals surface area contributed by atoms with Crippen molar-refractivity contribution in [3.63, 3.8) is 0 Å². The first-order chi connectivity index (χ1) is 9.63. The van der Waals surface area contributed by atoms with Crippen molar-refractivity contribution >= 4 is 10.0 Å². The van der Waals surface area contributed by atoms with Gasteiger partial charge >= 0.3 is 0 Å². The molecule has 0 atom stereocenters. The topological polar surface area (TPSA) is 74.8 Å². The fourth-order valence-corrected chi connectivity index (χ4v) is 4.02. The van der Waals surface area contributed by atoms with Gasteiger partial charge in [0, 0.05) is 0 Å². The van der Waals surface area contributed by atoms with Crippen molar-refractivity contribution in [1.29, 1.82) is 0 Å². The summed E-state index contributed by atoms with van der Waals surface area (Å²) < 4.78 is 40.7. The molecule has 0 saturated heterocycles. The van der Waals surface area contributed by atoms with Crippen molar-refractivity contribution in [2.75, 3.05) is 0 Å². The quantitative estimate of drug-likeness (QED) is 0.910. The highest BCUT2D eigenvalue weighted by Crippen LogP contribution is 2.25. The molecule has 1 aromatic heterocycles. The summed E-state index contributed by atoms with van der Waals surface area (Å²) in [4.78, 5) is 0.151. The second-order valence-electron chi connectivity index (χ2n) is 5.50. The summed E-state index contributed by atoms with van der Waals surface area (Å²) in [6, 6.07) is 5.74. The molecule has 0 bridgehead atoms. The average molecular weight is 311 g/mol. The summed E-state index contributed by atoms with van der Waals surface area (Å²) in [6.07, 6.45) is 0. The molecule has 114 valence electrons. The molecule has 0 unspecified atom stereocenters. The Balaban J connectivity index is 2.37. The van der Waals surface area contributed by atoms with E-state index in [-0.39, 0.29) is 10.7 Å². The van der Waals surface area contributed by atoms with Gasteiger partial charge in [-0.2, -0.15) is 5.10 Å². The van der Waals surface area contributed by atoms with E-state index in [1.54, 1.807) is 39.8 Å². The van der Waals surface area contributed by atoms with Gasteiger partial charge in [-0.3, -0.25) is 5.10 Å². The molecule has 2 N–H and O–H groups in total. The third-order valence-electron chi connectivity index (χ3n) is 3.28. The monoisotopic (exact) mass is 311 g/mol. The standard InChI is InChI=1S/C14H18FN3O2S/c1-9-13(10(2)17-16-9)21(19,20)18-14(3,4)11-5-7-12(15)8-6-11/h5-8,18H,1-4H3,(H,16,17). The Bertz CT molecular complexity index is 730. The van der Waals surface area contributed by atoms with Crippen molar-refractivity contribution in [3.8, 4) is 0 Å². The maximum atomic E-state index is 13.0. The lowest BCUT2D eigenvalue weighted by Gasteiger charge is -2.26. The molecule has 0 radical (unpaired) electrons. The molecule has 2 aromatic rings. The smallest absolute Gasteiger partial charge is 0.245 e. The van der Waals surface area contributed by atoms with E-state index in [2.05, 4.69) is 14.9 Å². The number of rotatable bonds is 4. The first kappa shape index (κ1) is 15.7. The molecule has 0 fully saturated rings. The maximum absolute atomic E-state index is 13.0. The van der Waals surface area contributed by atoms with E-state index in [4.69, 9.17) is 0 Å². The molecule has 7 heteroatoms. The van der Waals surface area contributed by atoms with E-state index in [9.17, 15) is 12.8 Å². The van der Waals surface area contributed by atoms with Crippen LogP contribution in [0.15, 0.2) is 29.2 Å². The lowest BCUT2D eigenvalue weighted by Crippen LogP contribution is -2.41. The fraction of sp³-hybridized carbons (Fsp3) is 0.357. The molecule has 0 saturated carbocycles. The van der Waals surface area contributed by atoms with Crippen molar-refractivity contribution in [3.05, 3.63) is 47.0 Å². The number of nitrogens with one attached hydrogen (secondary N) is 2. The number of hydrogen-bond donors (Lipinski definition) is 2. The van der Waals surface area contributed by atoms with Gasteiger partial charge in [0.25, 0.3) is 0 Å². The molecular formula is C14H18FN3O2S. The number of H-pyrrole nitrogens is 1. The maximum Gasteiger partial charge on any atom is 0.245 e. The molecule has 0 aliphatic heterocycles. The van der Waals surface area contributed by atoms with Gasteiger partial charge in [-0.1, -0.05) is 12.1 Å². The van der Waals surface area contributed by atoms with Crippen LogP contribution in [-0.2, 0) is 15.6 Å². The summed E-state index contributed by atoms with van der Waals surface area (Å²) >= 11 is 0. The number of sulfonamides is 1. The first-order valence-electron chi connectivity index (χ1n) is 6.45. The minimum absolute atomic E-state index is 0.151. The van der Waals surface area contributed by atoms with Crippen LogP contribution in [0.3, 0.4) is 0 Å². The zero-order valence-corrected chi connectivity index (χ0v) is 13.2. The summed E-state index contributed by atoms with van der Waals surface area (Å²) in [5.41, 5.74) is 0.693. The number of aryl methyl sites for hydroxylation is 2. The minimum Gasteiger partial charge on any atom is -0.281 e. The van der Waals surface area contributed by atoms with Crippen LogP contribution < -0.4 is 4.72 Å². The van der Waals surface area contributed by atoms with Crippen molar-refractivity contribution in [2.24, 2.45) is 0 Å².